The Bertz CT molecular complexity index is 1500. The molecule has 1 saturated carbocycles. The van der Waals surface area contributed by atoms with Crippen molar-refractivity contribution in [1.82, 2.24) is 15.2 Å². The van der Waals surface area contributed by atoms with Crippen molar-refractivity contribution in [2.45, 2.75) is 54.1 Å². The summed E-state index contributed by atoms with van der Waals surface area (Å²) in [4.78, 5) is 4.84. The number of H-pyrrole nitrogens is 1. The van der Waals surface area contributed by atoms with Crippen LogP contribution >= 0.6 is 0 Å². The normalized spacial score (nSPS) is 14.8. The summed E-state index contributed by atoms with van der Waals surface area (Å²) in [6.45, 7) is 0. The fourth-order valence-electron chi connectivity index (χ4n) is 4.49. The highest BCUT2D eigenvalue weighted by molar-refractivity contribution is 7.91. The number of hydrogen-bond acceptors (Lipinski definition) is 6. The summed E-state index contributed by atoms with van der Waals surface area (Å²) in [6.07, 6.45) is 0.933. The number of sulfone groups is 1. The van der Waals surface area contributed by atoms with E-state index in [1.54, 1.807) is 42.5 Å². The lowest BCUT2D eigenvalue weighted by Crippen LogP contribution is -2.23. The summed E-state index contributed by atoms with van der Waals surface area (Å²) in [6, 6.07) is 17.7. The van der Waals surface area contributed by atoms with Gasteiger partial charge in [0.15, 0.2) is 5.82 Å². The zero-order valence-corrected chi connectivity index (χ0v) is 21.1. The Kier molecular flexibility index (Phi) is 7.11. The summed E-state index contributed by atoms with van der Waals surface area (Å²) in [5.74, 6) is 1.05. The molecule has 4 aromatic rings. The number of hydrogen-bond donors (Lipinski definition) is 3. The molecule has 2 aromatic heterocycles. The highest BCUT2D eigenvalue weighted by Crippen LogP contribution is 2.32. The molecule has 0 amide bonds. The fraction of sp³-hybridized carbons (Fsp3) is 0.259. The molecule has 5 rings (SSSR count). The third-order valence-electron chi connectivity index (χ3n) is 6.48. The number of aromatic amines is 1. The Morgan fingerprint density at radius 1 is 0.816 bits per heavy atom. The average Bonchev–Trinajstić information content (AvgIpc) is 3.37. The predicted molar refractivity (Wildman–Crippen MR) is 139 cm³/mol. The number of anilines is 3. The van der Waals surface area contributed by atoms with Crippen molar-refractivity contribution in [3.05, 3.63) is 78.4 Å². The summed E-state index contributed by atoms with van der Waals surface area (Å²) in [5.41, 5.74) is 0.277. The Labute approximate surface area is 218 Å². The van der Waals surface area contributed by atoms with E-state index in [4.69, 9.17) is 0 Å². The van der Waals surface area contributed by atoms with Gasteiger partial charge in [-0.15, -0.1) is 0 Å². The van der Waals surface area contributed by atoms with Gasteiger partial charge in [-0.05, 0) is 48.7 Å². The minimum Gasteiger partial charge on any atom is -0.367 e. The molecule has 0 spiro atoms. The van der Waals surface area contributed by atoms with Gasteiger partial charge in [-0.3, -0.25) is 5.10 Å². The van der Waals surface area contributed by atoms with Crippen LogP contribution in [0.3, 0.4) is 0 Å². The molecule has 38 heavy (non-hydrogen) atoms. The second kappa shape index (κ2) is 10.5. The molecule has 0 bridgehead atoms. The Morgan fingerprint density at radius 3 is 2.18 bits per heavy atom. The van der Waals surface area contributed by atoms with E-state index in [2.05, 4.69) is 25.8 Å². The van der Waals surface area contributed by atoms with E-state index in [0.717, 1.165) is 37.8 Å². The second-order valence-corrected chi connectivity index (χ2v) is 11.2. The van der Waals surface area contributed by atoms with Crippen LogP contribution in [-0.4, -0.2) is 29.6 Å². The number of nitrogens with zero attached hydrogens (tertiary/aromatic N) is 2. The van der Waals surface area contributed by atoms with Crippen LogP contribution in [-0.2, 0) is 16.0 Å². The van der Waals surface area contributed by atoms with Crippen LogP contribution in [0.4, 0.5) is 30.6 Å². The lowest BCUT2D eigenvalue weighted by Gasteiger charge is -2.23. The standard InChI is InChI=1S/C27H26F3N5O2S/c28-27(29,30)19-13-11-18(12-14-19)23-17-26(35-34-23)33-25-16-22(38(36,37)21-9-5-2-6-10-21)15-24(32-25)31-20-7-3-1-4-8-20/h2,5-6,9-17,20H,1,3-4,7-8H2,(H3,31,32,33,34,35). The molecule has 0 unspecified atom stereocenters. The molecule has 2 aromatic carbocycles. The van der Waals surface area contributed by atoms with Gasteiger partial charge in [-0.1, -0.05) is 49.6 Å². The van der Waals surface area contributed by atoms with Crippen LogP contribution in [0.5, 0.6) is 0 Å². The summed E-state index contributed by atoms with van der Waals surface area (Å²) >= 11 is 0. The molecule has 1 aliphatic rings. The van der Waals surface area contributed by atoms with Gasteiger partial charge < -0.3 is 10.6 Å². The number of benzene rings is 2. The van der Waals surface area contributed by atoms with E-state index in [0.29, 0.717) is 22.9 Å². The maximum atomic E-state index is 13.4. The van der Waals surface area contributed by atoms with Gasteiger partial charge in [-0.2, -0.15) is 18.3 Å². The van der Waals surface area contributed by atoms with Gasteiger partial charge in [0.1, 0.15) is 11.6 Å². The van der Waals surface area contributed by atoms with Crippen LogP contribution in [0.2, 0.25) is 0 Å². The molecule has 0 aliphatic heterocycles. The molecule has 2 heterocycles. The van der Waals surface area contributed by atoms with Crippen LogP contribution < -0.4 is 10.6 Å². The average molecular weight is 542 g/mol. The van der Waals surface area contributed by atoms with Gasteiger partial charge in [0.05, 0.1) is 21.0 Å². The smallest absolute Gasteiger partial charge is 0.367 e. The first-order valence-electron chi connectivity index (χ1n) is 12.3. The van der Waals surface area contributed by atoms with E-state index >= 15 is 0 Å². The third-order valence-corrected chi connectivity index (χ3v) is 8.23. The molecule has 11 heteroatoms. The lowest BCUT2D eigenvalue weighted by molar-refractivity contribution is -0.137. The van der Waals surface area contributed by atoms with Crippen molar-refractivity contribution in [2.24, 2.45) is 0 Å². The Balaban J connectivity index is 1.44. The Morgan fingerprint density at radius 2 is 1.50 bits per heavy atom. The maximum Gasteiger partial charge on any atom is 0.416 e. The molecule has 0 radical (unpaired) electrons. The molecular formula is C27H26F3N5O2S. The SMILES string of the molecule is O=S(=O)(c1ccccc1)c1cc(Nc2cc(-c3ccc(C(F)(F)F)cc3)[nH]n2)nc(NC2CCCCC2)c1. The molecule has 0 atom stereocenters. The van der Waals surface area contributed by atoms with Crippen molar-refractivity contribution in [2.75, 3.05) is 10.6 Å². The summed E-state index contributed by atoms with van der Waals surface area (Å²) < 4.78 is 65.4. The zero-order chi connectivity index (χ0) is 26.8. The molecule has 3 N–H and O–H groups in total. The quantitative estimate of drug-likeness (QED) is 0.238. The number of aromatic nitrogens is 3. The van der Waals surface area contributed by atoms with E-state index in [9.17, 15) is 21.6 Å². The first kappa shape index (κ1) is 25.8. The van der Waals surface area contributed by atoms with Gasteiger partial charge in [0, 0.05) is 18.2 Å². The van der Waals surface area contributed by atoms with Gasteiger partial charge >= 0.3 is 6.18 Å². The molecular weight excluding hydrogens is 515 g/mol. The first-order valence-corrected chi connectivity index (χ1v) is 13.8. The lowest BCUT2D eigenvalue weighted by atomic mass is 9.95. The monoisotopic (exact) mass is 541 g/mol. The molecule has 7 nitrogen and oxygen atoms in total. The maximum absolute atomic E-state index is 13.4. The fourth-order valence-corrected chi connectivity index (χ4v) is 5.82. The number of alkyl halides is 3. The highest BCUT2D eigenvalue weighted by atomic mass is 32.2. The third kappa shape index (κ3) is 5.83. The van der Waals surface area contributed by atoms with E-state index in [1.165, 1.54) is 24.6 Å². The van der Waals surface area contributed by atoms with E-state index < -0.39 is 21.6 Å². The van der Waals surface area contributed by atoms with E-state index in [1.807, 2.05) is 0 Å². The highest BCUT2D eigenvalue weighted by Gasteiger charge is 2.30. The molecule has 0 saturated heterocycles. The van der Waals surface area contributed by atoms with Gasteiger partial charge in [0.25, 0.3) is 0 Å². The number of nitrogens with one attached hydrogen (secondary N) is 3. The minimum atomic E-state index is -4.42. The molecule has 198 valence electrons. The largest absolute Gasteiger partial charge is 0.416 e. The first-order chi connectivity index (χ1) is 18.2. The van der Waals surface area contributed by atoms with Crippen LogP contribution in [0, 0.1) is 0 Å². The van der Waals surface area contributed by atoms with Gasteiger partial charge in [-0.25, -0.2) is 13.4 Å². The second-order valence-electron chi connectivity index (χ2n) is 9.24. The number of rotatable bonds is 7. The molecule has 1 fully saturated rings. The van der Waals surface area contributed by atoms with Crippen LogP contribution in [0.25, 0.3) is 11.3 Å². The van der Waals surface area contributed by atoms with Crippen LogP contribution in [0.1, 0.15) is 37.7 Å². The Hall–Kier alpha value is -3.86. The van der Waals surface area contributed by atoms with Crippen molar-refractivity contribution < 1.29 is 21.6 Å². The molecule has 1 aliphatic carbocycles. The number of halogens is 3. The number of pyridine rings is 1. The van der Waals surface area contributed by atoms with Crippen molar-refractivity contribution in [1.29, 1.82) is 0 Å². The van der Waals surface area contributed by atoms with Gasteiger partial charge in [0.2, 0.25) is 9.84 Å². The van der Waals surface area contributed by atoms with E-state index in [-0.39, 0.29) is 21.7 Å². The topological polar surface area (TPSA) is 99.8 Å². The summed E-state index contributed by atoms with van der Waals surface area (Å²) in [7, 11) is -3.81. The zero-order valence-electron chi connectivity index (χ0n) is 20.3. The minimum absolute atomic E-state index is 0.0815. The van der Waals surface area contributed by atoms with Crippen LogP contribution in [0.15, 0.2) is 82.6 Å². The summed E-state index contributed by atoms with van der Waals surface area (Å²) in [5, 5.41) is 13.4. The van der Waals surface area contributed by atoms with Crippen molar-refractivity contribution in [3.8, 4) is 11.3 Å². The van der Waals surface area contributed by atoms with Crippen molar-refractivity contribution in [3.63, 3.8) is 0 Å². The van der Waals surface area contributed by atoms with Crippen molar-refractivity contribution >= 4 is 27.3 Å². The predicted octanol–water partition coefficient (Wildman–Crippen LogP) is 6.81.